The predicted octanol–water partition coefficient (Wildman–Crippen LogP) is 3.04. The zero-order valence-electron chi connectivity index (χ0n) is 14.2. The number of aromatic amines is 1. The van der Waals surface area contributed by atoms with Crippen molar-refractivity contribution in [3.63, 3.8) is 0 Å². The van der Waals surface area contributed by atoms with E-state index >= 15 is 0 Å². The number of hydrogen-bond donors (Lipinski definition) is 3. The Hall–Kier alpha value is -3.94. The lowest BCUT2D eigenvalue weighted by Gasteiger charge is -2.07. The van der Waals surface area contributed by atoms with Gasteiger partial charge in [0.2, 0.25) is 11.9 Å². The lowest BCUT2D eigenvalue weighted by molar-refractivity contribution is 0.0456. The number of nitrogens with zero attached hydrogens (tertiary/aromatic N) is 3. The van der Waals surface area contributed by atoms with Crippen molar-refractivity contribution in [1.82, 2.24) is 19.9 Å². The summed E-state index contributed by atoms with van der Waals surface area (Å²) in [6.45, 7) is -0.121. The van der Waals surface area contributed by atoms with E-state index in [-0.39, 0.29) is 24.3 Å². The van der Waals surface area contributed by atoms with Gasteiger partial charge in [0.05, 0.1) is 0 Å². The van der Waals surface area contributed by atoms with Gasteiger partial charge < -0.3 is 20.8 Å². The topological polar surface area (TPSA) is 119 Å². The lowest BCUT2D eigenvalue weighted by Crippen LogP contribution is -2.11. The fraction of sp³-hybridized carbons (Fsp3) is 0.0526. The second-order valence-corrected chi connectivity index (χ2v) is 5.77. The molecule has 0 saturated heterocycles. The maximum Gasteiger partial charge on any atom is 0.355 e. The summed E-state index contributed by atoms with van der Waals surface area (Å²) >= 11 is 0. The normalized spacial score (nSPS) is 10.7. The summed E-state index contributed by atoms with van der Waals surface area (Å²) in [5.74, 6) is 0.0820. The van der Waals surface area contributed by atoms with E-state index in [0.29, 0.717) is 5.69 Å². The lowest BCUT2D eigenvalue weighted by atomic mass is 10.2. The minimum Gasteiger partial charge on any atom is -0.453 e. The van der Waals surface area contributed by atoms with Crippen molar-refractivity contribution in [1.29, 1.82) is 0 Å². The molecule has 0 fully saturated rings. The first-order chi connectivity index (χ1) is 13.2. The maximum atomic E-state index is 12.3. The quantitative estimate of drug-likeness (QED) is 0.468. The van der Waals surface area contributed by atoms with Gasteiger partial charge >= 0.3 is 5.97 Å². The SMILES string of the molecule is Nc1nc(COC(=O)c2cc3ccccc3[nH]2)nc(Nc2ccccc2)n1. The minimum absolute atomic E-state index is 0.0418. The predicted molar refractivity (Wildman–Crippen MR) is 101 cm³/mol. The van der Waals surface area contributed by atoms with Gasteiger partial charge in [-0.1, -0.05) is 36.4 Å². The molecule has 2 aromatic heterocycles. The van der Waals surface area contributed by atoms with Crippen LogP contribution < -0.4 is 11.1 Å². The second-order valence-electron chi connectivity index (χ2n) is 5.77. The number of carbonyl (C=O) groups excluding carboxylic acids is 1. The monoisotopic (exact) mass is 360 g/mol. The van der Waals surface area contributed by atoms with Gasteiger partial charge in [0.15, 0.2) is 12.4 Å². The van der Waals surface area contributed by atoms with Crippen molar-refractivity contribution in [3.8, 4) is 0 Å². The largest absolute Gasteiger partial charge is 0.453 e. The molecule has 134 valence electrons. The standard InChI is InChI=1S/C19H16N6O2/c20-18-23-16(24-19(25-18)21-13-7-2-1-3-8-13)11-27-17(26)15-10-12-6-4-5-9-14(12)22-15/h1-10,22H,11H2,(H3,20,21,23,24,25). The summed E-state index contributed by atoms with van der Waals surface area (Å²) in [7, 11) is 0. The first-order valence-electron chi connectivity index (χ1n) is 8.25. The Morgan fingerprint density at radius 3 is 2.63 bits per heavy atom. The van der Waals surface area contributed by atoms with E-state index in [9.17, 15) is 4.79 Å². The highest BCUT2D eigenvalue weighted by molar-refractivity contribution is 5.94. The Labute approximate surface area is 154 Å². The number of hydrogen-bond acceptors (Lipinski definition) is 7. The fourth-order valence-electron chi connectivity index (χ4n) is 2.60. The van der Waals surface area contributed by atoms with Crippen LogP contribution in [0.15, 0.2) is 60.7 Å². The van der Waals surface area contributed by atoms with Gasteiger partial charge in [-0.25, -0.2) is 4.79 Å². The number of anilines is 3. The van der Waals surface area contributed by atoms with Crippen LogP contribution in [0.4, 0.5) is 17.6 Å². The molecule has 0 saturated carbocycles. The van der Waals surface area contributed by atoms with Gasteiger partial charge in [0.25, 0.3) is 0 Å². The van der Waals surface area contributed by atoms with Crippen molar-refractivity contribution < 1.29 is 9.53 Å². The summed E-state index contributed by atoms with van der Waals surface area (Å²) in [6, 6.07) is 18.8. The zero-order valence-corrected chi connectivity index (χ0v) is 14.2. The van der Waals surface area contributed by atoms with E-state index < -0.39 is 5.97 Å². The molecular formula is C19H16N6O2. The van der Waals surface area contributed by atoms with E-state index in [1.165, 1.54) is 0 Å². The van der Waals surface area contributed by atoms with Crippen LogP contribution in [-0.2, 0) is 11.3 Å². The molecule has 0 aliphatic carbocycles. The van der Waals surface area contributed by atoms with E-state index in [1.54, 1.807) is 6.07 Å². The molecule has 0 atom stereocenters. The van der Waals surface area contributed by atoms with E-state index in [4.69, 9.17) is 10.5 Å². The molecule has 0 radical (unpaired) electrons. The number of fused-ring (bicyclic) bond motifs is 1. The average molecular weight is 360 g/mol. The van der Waals surface area contributed by atoms with Crippen molar-refractivity contribution in [3.05, 3.63) is 72.2 Å². The molecule has 27 heavy (non-hydrogen) atoms. The number of para-hydroxylation sites is 2. The van der Waals surface area contributed by atoms with Gasteiger partial charge in [-0.2, -0.15) is 15.0 Å². The summed E-state index contributed by atoms with van der Waals surface area (Å²) in [5.41, 5.74) is 7.77. The molecule has 0 bridgehead atoms. The van der Waals surface area contributed by atoms with E-state index in [2.05, 4.69) is 25.3 Å². The van der Waals surface area contributed by atoms with E-state index in [1.807, 2.05) is 54.6 Å². The number of nitrogen functional groups attached to an aromatic ring is 1. The number of nitrogens with one attached hydrogen (secondary N) is 2. The van der Waals surface area contributed by atoms with E-state index in [0.717, 1.165) is 16.6 Å². The molecule has 8 heteroatoms. The second kappa shape index (κ2) is 7.12. The highest BCUT2D eigenvalue weighted by Gasteiger charge is 2.13. The number of esters is 1. The highest BCUT2D eigenvalue weighted by atomic mass is 16.5. The molecule has 0 amide bonds. The smallest absolute Gasteiger partial charge is 0.355 e. The van der Waals surface area contributed by atoms with Crippen molar-refractivity contribution >= 4 is 34.5 Å². The average Bonchev–Trinajstić information content (AvgIpc) is 3.11. The number of carbonyl (C=O) groups is 1. The Kier molecular flexibility index (Phi) is 4.36. The number of H-pyrrole nitrogens is 1. The zero-order chi connectivity index (χ0) is 18.6. The Morgan fingerprint density at radius 2 is 1.81 bits per heavy atom. The van der Waals surface area contributed by atoms with Crippen LogP contribution >= 0.6 is 0 Å². The number of nitrogens with two attached hydrogens (primary N) is 1. The molecule has 4 N–H and O–H groups in total. The fourth-order valence-corrected chi connectivity index (χ4v) is 2.60. The third kappa shape index (κ3) is 3.84. The van der Waals surface area contributed by atoms with Crippen molar-refractivity contribution in [2.75, 3.05) is 11.1 Å². The summed E-state index contributed by atoms with van der Waals surface area (Å²) in [6.07, 6.45) is 0. The van der Waals surface area contributed by atoms with Crippen LogP contribution in [0, 0.1) is 0 Å². The van der Waals surface area contributed by atoms with Crippen LogP contribution in [0.3, 0.4) is 0 Å². The third-order valence-electron chi connectivity index (χ3n) is 3.81. The molecule has 2 aromatic carbocycles. The number of benzene rings is 2. The van der Waals surface area contributed by atoms with Crippen LogP contribution in [0.2, 0.25) is 0 Å². The molecule has 0 aliphatic rings. The summed E-state index contributed by atoms with van der Waals surface area (Å²) in [5, 5.41) is 3.97. The molecule has 0 spiro atoms. The highest BCUT2D eigenvalue weighted by Crippen LogP contribution is 2.16. The summed E-state index contributed by atoms with van der Waals surface area (Å²) < 4.78 is 5.30. The van der Waals surface area contributed by atoms with Crippen molar-refractivity contribution in [2.24, 2.45) is 0 Å². The van der Waals surface area contributed by atoms with Crippen molar-refractivity contribution in [2.45, 2.75) is 6.61 Å². The Morgan fingerprint density at radius 1 is 1.04 bits per heavy atom. The molecule has 4 aromatic rings. The van der Waals surface area contributed by atoms with Crippen LogP contribution in [-0.4, -0.2) is 25.9 Å². The third-order valence-corrected chi connectivity index (χ3v) is 3.81. The molecular weight excluding hydrogens is 344 g/mol. The van der Waals surface area contributed by atoms with Gasteiger partial charge in [-0.3, -0.25) is 0 Å². The maximum absolute atomic E-state index is 12.3. The first-order valence-corrected chi connectivity index (χ1v) is 8.25. The first kappa shape index (κ1) is 16.5. The van der Waals surface area contributed by atoms with Gasteiger partial charge in [0.1, 0.15) is 5.69 Å². The number of ether oxygens (including phenoxy) is 1. The Bertz CT molecular complexity index is 1060. The van der Waals surface area contributed by atoms with Crippen LogP contribution in [0.5, 0.6) is 0 Å². The number of rotatable bonds is 5. The molecule has 4 rings (SSSR count). The molecule has 8 nitrogen and oxygen atoms in total. The summed E-state index contributed by atoms with van der Waals surface area (Å²) in [4.78, 5) is 27.6. The Balaban J connectivity index is 1.46. The minimum atomic E-state index is -0.497. The van der Waals surface area contributed by atoms with Crippen LogP contribution in [0.1, 0.15) is 16.3 Å². The number of aromatic nitrogens is 4. The van der Waals surface area contributed by atoms with Gasteiger partial charge in [-0.15, -0.1) is 0 Å². The molecule has 0 unspecified atom stereocenters. The van der Waals surface area contributed by atoms with Crippen LogP contribution in [0.25, 0.3) is 10.9 Å². The molecule has 0 aliphatic heterocycles. The van der Waals surface area contributed by atoms with Gasteiger partial charge in [0, 0.05) is 16.6 Å². The molecule has 2 heterocycles. The van der Waals surface area contributed by atoms with Gasteiger partial charge in [-0.05, 0) is 24.3 Å².